The maximum Gasteiger partial charge on any atom is 0.278 e. The standard InChI is InChI=1S/C20H22N4O2/c1-4-16(14-10-12-21-13-11-14)24(5-2)20(26)18-19(25)15-8-6-7-9-17(15)23(3)22-18/h6-13,16H,4-5H2,1-3H3. The van der Waals surface area contributed by atoms with E-state index in [0.29, 0.717) is 17.4 Å². The van der Waals surface area contributed by atoms with E-state index >= 15 is 0 Å². The third kappa shape index (κ3) is 3.10. The number of carbonyl (C=O) groups excluding carboxylic acids is 1. The zero-order valence-corrected chi connectivity index (χ0v) is 15.2. The molecule has 0 aliphatic carbocycles. The Bertz CT molecular complexity index is 982. The first-order valence-electron chi connectivity index (χ1n) is 8.75. The van der Waals surface area contributed by atoms with Crippen LogP contribution in [0, 0.1) is 0 Å². The van der Waals surface area contributed by atoms with E-state index in [1.54, 1.807) is 41.2 Å². The zero-order valence-electron chi connectivity index (χ0n) is 15.2. The van der Waals surface area contributed by atoms with Crippen LogP contribution in [0.1, 0.15) is 42.4 Å². The van der Waals surface area contributed by atoms with Crippen LogP contribution in [-0.2, 0) is 7.05 Å². The van der Waals surface area contributed by atoms with Gasteiger partial charge in [0.15, 0.2) is 5.69 Å². The van der Waals surface area contributed by atoms with Crippen molar-refractivity contribution in [3.63, 3.8) is 0 Å². The van der Waals surface area contributed by atoms with Gasteiger partial charge in [0.1, 0.15) is 0 Å². The molecule has 2 heterocycles. The van der Waals surface area contributed by atoms with E-state index in [9.17, 15) is 9.59 Å². The molecule has 0 saturated carbocycles. The molecule has 1 amide bonds. The van der Waals surface area contributed by atoms with Crippen LogP contribution in [0.15, 0.2) is 53.6 Å². The fraction of sp³-hybridized carbons (Fsp3) is 0.300. The topological polar surface area (TPSA) is 68.1 Å². The van der Waals surface area contributed by atoms with E-state index in [0.717, 1.165) is 12.0 Å². The highest BCUT2D eigenvalue weighted by molar-refractivity contribution is 5.95. The fourth-order valence-electron chi connectivity index (χ4n) is 3.33. The molecule has 1 unspecified atom stereocenters. The number of aromatic nitrogens is 3. The molecule has 0 saturated heterocycles. The molecule has 6 heteroatoms. The smallest absolute Gasteiger partial charge is 0.278 e. The molecule has 0 spiro atoms. The summed E-state index contributed by atoms with van der Waals surface area (Å²) < 4.78 is 1.59. The van der Waals surface area contributed by atoms with E-state index in [2.05, 4.69) is 10.1 Å². The Labute approximate surface area is 152 Å². The van der Waals surface area contributed by atoms with Crippen molar-refractivity contribution in [3.05, 3.63) is 70.3 Å². The lowest BCUT2D eigenvalue weighted by Gasteiger charge is -2.30. The summed E-state index contributed by atoms with van der Waals surface area (Å²) in [7, 11) is 1.75. The van der Waals surface area contributed by atoms with Crippen LogP contribution in [0.5, 0.6) is 0 Å². The second kappa shape index (κ2) is 7.47. The lowest BCUT2D eigenvalue weighted by Crippen LogP contribution is -2.38. The average Bonchev–Trinajstić information content (AvgIpc) is 2.69. The predicted octanol–water partition coefficient (Wildman–Crippen LogP) is 2.94. The van der Waals surface area contributed by atoms with Gasteiger partial charge < -0.3 is 4.90 Å². The van der Waals surface area contributed by atoms with Gasteiger partial charge in [-0.2, -0.15) is 5.10 Å². The summed E-state index contributed by atoms with van der Waals surface area (Å²) in [5.41, 5.74) is 1.33. The Hall–Kier alpha value is -3.02. The Morgan fingerprint density at radius 3 is 2.50 bits per heavy atom. The maximum atomic E-state index is 13.2. The van der Waals surface area contributed by atoms with Gasteiger partial charge in [-0.3, -0.25) is 19.3 Å². The molecule has 0 radical (unpaired) electrons. The van der Waals surface area contributed by atoms with Gasteiger partial charge >= 0.3 is 0 Å². The van der Waals surface area contributed by atoms with E-state index in [-0.39, 0.29) is 23.1 Å². The largest absolute Gasteiger partial charge is 0.330 e. The van der Waals surface area contributed by atoms with Crippen LogP contribution in [0.2, 0.25) is 0 Å². The number of para-hydroxylation sites is 1. The molecule has 6 nitrogen and oxygen atoms in total. The Balaban J connectivity index is 2.08. The summed E-state index contributed by atoms with van der Waals surface area (Å²) in [4.78, 5) is 31.8. The Kier molecular flexibility index (Phi) is 5.11. The second-order valence-corrected chi connectivity index (χ2v) is 6.11. The van der Waals surface area contributed by atoms with Gasteiger partial charge in [0.25, 0.3) is 5.91 Å². The minimum Gasteiger partial charge on any atom is -0.330 e. The molecular formula is C20H22N4O2. The van der Waals surface area contributed by atoms with Crippen LogP contribution in [0.3, 0.4) is 0 Å². The number of benzene rings is 1. The highest BCUT2D eigenvalue weighted by Gasteiger charge is 2.27. The van der Waals surface area contributed by atoms with Crippen LogP contribution < -0.4 is 5.43 Å². The van der Waals surface area contributed by atoms with Crippen molar-refractivity contribution in [1.29, 1.82) is 0 Å². The number of rotatable bonds is 5. The maximum absolute atomic E-state index is 13.2. The molecule has 2 aromatic heterocycles. The van der Waals surface area contributed by atoms with Gasteiger partial charge in [-0.05, 0) is 43.2 Å². The van der Waals surface area contributed by atoms with Crippen LogP contribution in [0.4, 0.5) is 0 Å². The van der Waals surface area contributed by atoms with Crippen molar-refractivity contribution < 1.29 is 4.79 Å². The molecular weight excluding hydrogens is 328 g/mol. The van der Waals surface area contributed by atoms with Crippen molar-refractivity contribution in [2.75, 3.05) is 6.54 Å². The minimum absolute atomic E-state index is 0.0412. The monoisotopic (exact) mass is 350 g/mol. The highest BCUT2D eigenvalue weighted by atomic mass is 16.2. The van der Waals surface area contributed by atoms with Crippen molar-refractivity contribution in [3.8, 4) is 0 Å². The number of nitrogens with zero attached hydrogens (tertiary/aromatic N) is 4. The van der Waals surface area contributed by atoms with Gasteiger partial charge in [-0.15, -0.1) is 0 Å². The molecule has 3 aromatic rings. The number of amides is 1. The summed E-state index contributed by atoms with van der Waals surface area (Å²) in [5, 5.41) is 4.78. The summed E-state index contributed by atoms with van der Waals surface area (Å²) in [6.07, 6.45) is 4.16. The van der Waals surface area contributed by atoms with Crippen molar-refractivity contribution in [1.82, 2.24) is 19.7 Å². The van der Waals surface area contributed by atoms with Gasteiger partial charge in [0.2, 0.25) is 5.43 Å². The summed E-state index contributed by atoms with van der Waals surface area (Å²) in [5.74, 6) is -0.345. The fourth-order valence-corrected chi connectivity index (χ4v) is 3.33. The van der Waals surface area contributed by atoms with E-state index < -0.39 is 0 Å². The SMILES string of the molecule is CCC(c1ccncc1)N(CC)C(=O)c1nn(C)c2ccccc2c1=O. The number of hydrogen-bond acceptors (Lipinski definition) is 4. The molecule has 0 N–H and O–H groups in total. The molecule has 0 bridgehead atoms. The Morgan fingerprint density at radius 1 is 1.15 bits per heavy atom. The predicted molar refractivity (Wildman–Crippen MR) is 101 cm³/mol. The molecule has 3 rings (SSSR count). The number of hydrogen-bond donors (Lipinski definition) is 0. The third-order valence-corrected chi connectivity index (χ3v) is 4.62. The molecule has 134 valence electrons. The molecule has 0 aliphatic heterocycles. The summed E-state index contributed by atoms with van der Waals surface area (Å²) in [6.45, 7) is 4.41. The lowest BCUT2D eigenvalue weighted by molar-refractivity contribution is 0.0673. The second-order valence-electron chi connectivity index (χ2n) is 6.11. The molecule has 26 heavy (non-hydrogen) atoms. The van der Waals surface area contributed by atoms with E-state index in [1.165, 1.54) is 0 Å². The molecule has 1 aromatic carbocycles. The normalized spacial score (nSPS) is 12.1. The minimum atomic E-state index is -0.345. The molecule has 1 atom stereocenters. The van der Waals surface area contributed by atoms with Crippen LogP contribution in [-0.4, -0.2) is 32.1 Å². The Morgan fingerprint density at radius 2 is 1.85 bits per heavy atom. The third-order valence-electron chi connectivity index (χ3n) is 4.62. The first-order valence-corrected chi connectivity index (χ1v) is 8.75. The number of fused-ring (bicyclic) bond motifs is 1. The number of pyridine rings is 1. The number of carbonyl (C=O) groups is 1. The first-order chi connectivity index (χ1) is 12.6. The van der Waals surface area contributed by atoms with Crippen molar-refractivity contribution in [2.45, 2.75) is 26.3 Å². The summed E-state index contributed by atoms with van der Waals surface area (Å²) >= 11 is 0. The van der Waals surface area contributed by atoms with Crippen molar-refractivity contribution in [2.24, 2.45) is 7.05 Å². The van der Waals surface area contributed by atoms with Gasteiger partial charge in [0.05, 0.1) is 11.6 Å². The highest BCUT2D eigenvalue weighted by Crippen LogP contribution is 2.24. The first kappa shape index (κ1) is 17.8. The van der Waals surface area contributed by atoms with Gasteiger partial charge in [0, 0.05) is 31.4 Å². The van der Waals surface area contributed by atoms with Gasteiger partial charge in [-0.1, -0.05) is 19.1 Å². The van der Waals surface area contributed by atoms with Crippen LogP contribution in [0.25, 0.3) is 10.9 Å². The van der Waals surface area contributed by atoms with E-state index in [1.807, 2.05) is 38.1 Å². The van der Waals surface area contributed by atoms with Crippen LogP contribution >= 0.6 is 0 Å². The van der Waals surface area contributed by atoms with Crippen molar-refractivity contribution >= 4 is 16.8 Å². The summed E-state index contributed by atoms with van der Waals surface area (Å²) in [6, 6.07) is 10.9. The zero-order chi connectivity index (χ0) is 18.7. The average molecular weight is 350 g/mol. The quantitative estimate of drug-likeness (QED) is 0.709. The molecule has 0 fully saturated rings. The lowest BCUT2D eigenvalue weighted by atomic mass is 10.0. The van der Waals surface area contributed by atoms with Gasteiger partial charge in [-0.25, -0.2) is 0 Å². The van der Waals surface area contributed by atoms with E-state index in [4.69, 9.17) is 0 Å². The number of aryl methyl sites for hydroxylation is 1. The molecule has 0 aliphatic rings.